The summed E-state index contributed by atoms with van der Waals surface area (Å²) in [6.07, 6.45) is 0. The highest BCUT2D eigenvalue weighted by Crippen LogP contribution is 2.58. The summed E-state index contributed by atoms with van der Waals surface area (Å²) in [7, 11) is 0. The van der Waals surface area contributed by atoms with Crippen molar-refractivity contribution < 1.29 is 0 Å². The molecule has 0 N–H and O–H groups in total. The fraction of sp³-hybridized carbons (Fsp3) is 0.0156. The van der Waals surface area contributed by atoms with Crippen molar-refractivity contribution in [3.63, 3.8) is 0 Å². The average molecular weight is 869 g/mol. The van der Waals surface area contributed by atoms with E-state index < -0.39 is 5.41 Å². The molecule has 10 aromatic carbocycles. The topological polar surface area (TPSA) is 17.3 Å². The first kappa shape index (κ1) is 38.0. The SMILES string of the molecule is c1ccc(C2(c3ccccc3)c3ccccc3-c3c(-c4ccc(-c5ccc(-c6ccc(-c7cc8c9ccccc9sc8c8nc9ccccc9n78)cc6)c6ccccc56)cc4)cccc32)cc1. The van der Waals surface area contributed by atoms with E-state index in [9.17, 15) is 0 Å². The number of thiophene rings is 1. The second-order valence-corrected chi connectivity index (χ2v) is 18.8. The summed E-state index contributed by atoms with van der Waals surface area (Å²) < 4.78 is 4.86. The van der Waals surface area contributed by atoms with Gasteiger partial charge in [-0.2, -0.15) is 0 Å². The number of nitrogens with zero attached hydrogens (tertiary/aromatic N) is 2. The van der Waals surface area contributed by atoms with Crippen LogP contribution in [0.5, 0.6) is 0 Å². The maximum atomic E-state index is 5.20. The molecule has 0 radical (unpaired) electrons. The third-order valence-electron chi connectivity index (χ3n) is 14.3. The molecule has 67 heavy (non-hydrogen) atoms. The van der Waals surface area contributed by atoms with Gasteiger partial charge in [0.2, 0.25) is 0 Å². The second-order valence-electron chi connectivity index (χ2n) is 17.7. The zero-order chi connectivity index (χ0) is 44.1. The van der Waals surface area contributed by atoms with Gasteiger partial charge in [0.05, 0.1) is 26.8 Å². The highest BCUT2D eigenvalue weighted by atomic mass is 32.1. The van der Waals surface area contributed by atoms with E-state index in [1.54, 1.807) is 0 Å². The third-order valence-corrected chi connectivity index (χ3v) is 15.5. The van der Waals surface area contributed by atoms with Gasteiger partial charge in [-0.3, -0.25) is 4.40 Å². The zero-order valence-corrected chi connectivity index (χ0v) is 37.2. The minimum atomic E-state index is -0.430. The summed E-state index contributed by atoms with van der Waals surface area (Å²) in [5, 5.41) is 5.01. The van der Waals surface area contributed by atoms with E-state index in [1.165, 1.54) is 97.7 Å². The number of benzene rings is 10. The van der Waals surface area contributed by atoms with Gasteiger partial charge in [0.25, 0.3) is 0 Å². The molecule has 3 aromatic heterocycles. The second kappa shape index (κ2) is 14.8. The van der Waals surface area contributed by atoms with Crippen LogP contribution in [0.2, 0.25) is 0 Å². The predicted molar refractivity (Wildman–Crippen MR) is 282 cm³/mol. The van der Waals surface area contributed by atoms with E-state index in [0.717, 1.165) is 27.9 Å². The molecule has 0 amide bonds. The van der Waals surface area contributed by atoms with Crippen LogP contribution in [0.1, 0.15) is 22.3 Å². The number of para-hydroxylation sites is 2. The summed E-state index contributed by atoms with van der Waals surface area (Å²) in [4.78, 5) is 5.20. The maximum Gasteiger partial charge on any atom is 0.156 e. The Morgan fingerprint density at radius 1 is 0.373 bits per heavy atom. The van der Waals surface area contributed by atoms with Gasteiger partial charge >= 0.3 is 0 Å². The highest BCUT2D eigenvalue weighted by molar-refractivity contribution is 7.26. The number of hydrogen-bond acceptors (Lipinski definition) is 2. The molecule has 0 saturated carbocycles. The molecule has 1 aliphatic rings. The Hall–Kier alpha value is -8.37. The van der Waals surface area contributed by atoms with Crippen molar-refractivity contribution in [2.75, 3.05) is 0 Å². The molecule has 0 atom stereocenters. The number of hydrogen-bond donors (Lipinski definition) is 0. The van der Waals surface area contributed by atoms with E-state index in [4.69, 9.17) is 4.98 Å². The standard InChI is InChI=1S/C64H40N2S/c1-3-16-45(17-4-1)64(46-18-5-2-6-19-46)55-25-11-9-23-53(55)61-49(24-15-26-56(61)64)43-32-30-41(31-33-43)47-38-39-48(51-21-8-7-20-50(47)51)42-34-36-44(37-35-42)59-40-54-52-22-10-14-29-60(52)67-62(54)63-65-57-27-12-13-28-58(57)66(59)63/h1-40H. The summed E-state index contributed by atoms with van der Waals surface area (Å²) in [6.45, 7) is 0. The van der Waals surface area contributed by atoms with Gasteiger partial charge in [0.15, 0.2) is 5.65 Å². The Morgan fingerprint density at radius 3 is 1.58 bits per heavy atom. The minimum Gasteiger partial charge on any atom is -0.291 e. The molecule has 0 unspecified atom stereocenters. The first-order valence-electron chi connectivity index (χ1n) is 23.0. The van der Waals surface area contributed by atoms with E-state index >= 15 is 0 Å². The van der Waals surface area contributed by atoms with Gasteiger partial charge < -0.3 is 0 Å². The monoisotopic (exact) mass is 868 g/mol. The Balaban J connectivity index is 0.850. The smallest absolute Gasteiger partial charge is 0.156 e. The molecule has 0 bridgehead atoms. The van der Waals surface area contributed by atoms with Crippen LogP contribution < -0.4 is 0 Å². The van der Waals surface area contributed by atoms with Crippen molar-refractivity contribution in [3.8, 4) is 55.8 Å². The molecule has 312 valence electrons. The van der Waals surface area contributed by atoms with E-state index in [2.05, 4.69) is 247 Å². The Labute approximate surface area is 392 Å². The van der Waals surface area contributed by atoms with Crippen LogP contribution in [0, 0.1) is 0 Å². The van der Waals surface area contributed by atoms with Gasteiger partial charge in [-0.25, -0.2) is 4.98 Å². The Morgan fingerprint density at radius 2 is 0.896 bits per heavy atom. The van der Waals surface area contributed by atoms with Crippen molar-refractivity contribution in [2.24, 2.45) is 0 Å². The number of pyridine rings is 1. The van der Waals surface area contributed by atoms with Crippen LogP contribution in [-0.4, -0.2) is 9.38 Å². The minimum absolute atomic E-state index is 0.430. The Bertz CT molecular complexity index is 4030. The zero-order valence-electron chi connectivity index (χ0n) is 36.4. The molecule has 1 aliphatic carbocycles. The van der Waals surface area contributed by atoms with Crippen molar-refractivity contribution in [2.45, 2.75) is 5.41 Å². The van der Waals surface area contributed by atoms with E-state index in [0.29, 0.717) is 0 Å². The van der Waals surface area contributed by atoms with Crippen molar-refractivity contribution in [3.05, 3.63) is 265 Å². The molecular weight excluding hydrogens is 829 g/mol. The number of imidazole rings is 1. The summed E-state index contributed by atoms with van der Waals surface area (Å²) in [5.41, 5.74) is 20.1. The largest absolute Gasteiger partial charge is 0.291 e. The molecule has 0 fully saturated rings. The van der Waals surface area contributed by atoms with E-state index in [1.807, 2.05) is 11.3 Å². The quantitative estimate of drug-likeness (QED) is 0.163. The van der Waals surface area contributed by atoms with Crippen LogP contribution in [0.15, 0.2) is 243 Å². The number of aromatic nitrogens is 2. The average Bonchev–Trinajstić information content (AvgIpc) is 4.08. The van der Waals surface area contributed by atoms with Crippen molar-refractivity contribution in [1.82, 2.24) is 9.38 Å². The van der Waals surface area contributed by atoms with Crippen LogP contribution >= 0.6 is 11.3 Å². The summed E-state index contributed by atoms with van der Waals surface area (Å²) in [6, 6.07) is 89.4. The van der Waals surface area contributed by atoms with Gasteiger partial charge in [-0.15, -0.1) is 11.3 Å². The fourth-order valence-electron chi connectivity index (χ4n) is 11.4. The Kier molecular flexibility index (Phi) is 8.40. The third kappa shape index (κ3) is 5.59. The molecule has 0 aliphatic heterocycles. The van der Waals surface area contributed by atoms with E-state index in [-0.39, 0.29) is 0 Å². The van der Waals surface area contributed by atoms with Crippen molar-refractivity contribution >= 4 is 59.0 Å². The van der Waals surface area contributed by atoms with Gasteiger partial charge in [-0.05, 0) is 107 Å². The predicted octanol–water partition coefficient (Wildman–Crippen LogP) is 17.0. The molecule has 3 heteroatoms. The lowest BCUT2D eigenvalue weighted by atomic mass is 9.67. The van der Waals surface area contributed by atoms with Crippen LogP contribution in [-0.2, 0) is 5.41 Å². The first-order chi connectivity index (χ1) is 33.2. The first-order valence-corrected chi connectivity index (χ1v) is 23.8. The van der Waals surface area contributed by atoms with Crippen molar-refractivity contribution in [1.29, 1.82) is 0 Å². The summed E-state index contributed by atoms with van der Waals surface area (Å²) >= 11 is 1.83. The fourth-order valence-corrected chi connectivity index (χ4v) is 12.6. The highest BCUT2D eigenvalue weighted by Gasteiger charge is 2.46. The normalized spacial score (nSPS) is 12.9. The van der Waals surface area contributed by atoms with Gasteiger partial charge in [0.1, 0.15) is 0 Å². The molecule has 2 nitrogen and oxygen atoms in total. The van der Waals surface area contributed by atoms with Gasteiger partial charge in [-0.1, -0.05) is 218 Å². The van der Waals surface area contributed by atoms with Gasteiger partial charge in [0, 0.05) is 15.5 Å². The molecular formula is C64H40N2S. The van der Waals surface area contributed by atoms with Crippen LogP contribution in [0.3, 0.4) is 0 Å². The summed E-state index contributed by atoms with van der Waals surface area (Å²) in [5.74, 6) is 0. The number of rotatable bonds is 6. The number of fused-ring (bicyclic) bond motifs is 11. The maximum absolute atomic E-state index is 5.20. The molecule has 0 saturated heterocycles. The molecule has 13 aromatic rings. The van der Waals surface area contributed by atoms with Crippen LogP contribution in [0.4, 0.5) is 0 Å². The lowest BCUT2D eigenvalue weighted by Crippen LogP contribution is -2.28. The molecule has 0 spiro atoms. The molecule has 14 rings (SSSR count). The van der Waals surface area contributed by atoms with Crippen LogP contribution in [0.25, 0.3) is 103 Å². The molecule has 3 heterocycles. The lowest BCUT2D eigenvalue weighted by molar-refractivity contribution is 0.768. The lowest BCUT2D eigenvalue weighted by Gasteiger charge is -2.34.